The van der Waals surface area contributed by atoms with E-state index in [-0.39, 0.29) is 0 Å². The Balaban J connectivity index is 0.732. The fourth-order valence-electron chi connectivity index (χ4n) is 24.2. The minimum atomic E-state index is 0.581. The van der Waals surface area contributed by atoms with Gasteiger partial charge in [-0.2, -0.15) is 0 Å². The lowest BCUT2D eigenvalue weighted by atomic mass is 9.40. The van der Waals surface area contributed by atoms with Gasteiger partial charge in [0.05, 0.1) is 0 Å². The first-order valence-corrected chi connectivity index (χ1v) is 29.7. The third-order valence-corrected chi connectivity index (χ3v) is 26.6. The van der Waals surface area contributed by atoms with Gasteiger partial charge < -0.3 is 0 Å². The first-order chi connectivity index (χ1) is 33.2. The van der Waals surface area contributed by atoms with Crippen molar-refractivity contribution < 1.29 is 0 Å². The highest BCUT2D eigenvalue weighted by molar-refractivity contribution is 7.13. The molecule has 2 aromatic carbocycles. The Morgan fingerprint density at radius 2 is 0.940 bits per heavy atom. The Bertz CT molecular complexity index is 2500. The molecule has 14 aliphatic rings. The van der Waals surface area contributed by atoms with Crippen molar-refractivity contribution in [2.75, 3.05) is 0 Å². The molecule has 0 aliphatic heterocycles. The van der Waals surface area contributed by atoms with E-state index >= 15 is 0 Å². The number of allylic oxidation sites excluding steroid dienone is 9. The standard InChI is InChI=1S/C66H74S/c1-3-11-36(12-4-1)59-54-33-52-41-18-9-16-35-17-10-19-42(58(35)41)53(52)34-55(54)60(37-13-5-2-6-14-37)66-50-30-28-47-45-25-26-48-51-31-39(57-32-38-15-7-8-20-56(38)67-57)21-22-40(51)43-23-24-44(62(45)61(43)48)46-27-29-49(65(59)66)64(50)63(46)47/h1-6,8-14,16-20,32,35,39-40,43-55,58-66H,7,15,21-31,33-34H2. The van der Waals surface area contributed by atoms with Crippen molar-refractivity contribution in [1.29, 1.82) is 0 Å². The van der Waals surface area contributed by atoms with Crippen LogP contribution in [0.15, 0.2) is 120 Å². The van der Waals surface area contributed by atoms with Crippen LogP contribution in [0.4, 0.5) is 0 Å². The number of thiophene rings is 1. The summed E-state index contributed by atoms with van der Waals surface area (Å²) < 4.78 is 0. The van der Waals surface area contributed by atoms with E-state index in [9.17, 15) is 0 Å². The molecule has 344 valence electrons. The average Bonchev–Trinajstić information content (AvgIpc) is 4.14. The lowest BCUT2D eigenvalue weighted by molar-refractivity contribution is -0.171. The molecule has 17 rings (SSSR count). The third kappa shape index (κ3) is 5.33. The molecular formula is C66H74S. The summed E-state index contributed by atoms with van der Waals surface area (Å²) >= 11 is 2.19. The molecule has 0 nitrogen and oxygen atoms in total. The largest absolute Gasteiger partial charge is 0.140 e. The van der Waals surface area contributed by atoms with Gasteiger partial charge >= 0.3 is 0 Å². The van der Waals surface area contributed by atoms with Gasteiger partial charge in [-0.3, -0.25) is 0 Å². The number of benzene rings is 2. The number of hydrogen-bond donors (Lipinski definition) is 0. The van der Waals surface area contributed by atoms with E-state index in [0.717, 1.165) is 136 Å². The molecule has 0 bridgehead atoms. The van der Waals surface area contributed by atoms with Crippen LogP contribution in [0.25, 0.3) is 6.08 Å². The molecule has 25 atom stereocenters. The van der Waals surface area contributed by atoms with Crippen molar-refractivity contribution in [2.24, 2.45) is 130 Å². The van der Waals surface area contributed by atoms with E-state index in [1.807, 2.05) is 11.1 Å². The number of rotatable bonds is 3. The van der Waals surface area contributed by atoms with Crippen LogP contribution in [0.3, 0.4) is 0 Å². The number of hydrogen-bond acceptors (Lipinski definition) is 1. The summed E-state index contributed by atoms with van der Waals surface area (Å²) in [7, 11) is 0. The van der Waals surface area contributed by atoms with E-state index in [1.165, 1.54) is 38.5 Å². The average molecular weight is 899 g/mol. The number of fused-ring (bicyclic) bond motifs is 13. The summed E-state index contributed by atoms with van der Waals surface area (Å²) in [5, 5.41) is 0. The normalized spacial score (nSPS) is 51.4. The predicted octanol–water partition coefficient (Wildman–Crippen LogP) is 16.1. The smallest absolute Gasteiger partial charge is 0.0302 e. The first-order valence-electron chi connectivity index (χ1n) is 28.9. The Morgan fingerprint density at radius 3 is 1.49 bits per heavy atom. The molecule has 0 radical (unpaired) electrons. The van der Waals surface area contributed by atoms with E-state index in [0.29, 0.717) is 11.8 Å². The first kappa shape index (κ1) is 39.5. The molecule has 67 heavy (non-hydrogen) atoms. The Labute approximate surface area is 406 Å². The molecule has 3 aromatic rings. The maximum atomic E-state index is 2.70. The summed E-state index contributed by atoms with van der Waals surface area (Å²) in [5.41, 5.74) is 8.79. The Morgan fingerprint density at radius 1 is 0.448 bits per heavy atom. The minimum Gasteiger partial charge on any atom is -0.140 e. The molecule has 0 saturated heterocycles. The van der Waals surface area contributed by atoms with Crippen molar-refractivity contribution in [2.45, 2.75) is 114 Å². The molecule has 0 spiro atoms. The molecule has 11 saturated carbocycles. The summed E-state index contributed by atoms with van der Waals surface area (Å²) in [6.07, 6.45) is 42.7. The SMILES string of the molecule is C1=CC2C=CC=C3C4CC5C(CC4C(=C1)C32)C(c1ccccc1)C1C2CCC3C4CCC6C7CCC(c8cc9c(s8)C=CCC9)CC7C7CCC(C8CCC(C2C38)C1C5c1ccccc1)C4C67. The predicted molar refractivity (Wildman–Crippen MR) is 274 cm³/mol. The van der Waals surface area contributed by atoms with E-state index < -0.39 is 0 Å². The van der Waals surface area contributed by atoms with Gasteiger partial charge in [-0.15, -0.1) is 11.3 Å². The van der Waals surface area contributed by atoms with E-state index in [1.54, 1.807) is 84.2 Å². The van der Waals surface area contributed by atoms with Crippen LogP contribution >= 0.6 is 11.3 Å². The highest BCUT2D eigenvalue weighted by Crippen LogP contribution is 2.79. The van der Waals surface area contributed by atoms with Crippen LogP contribution in [0.2, 0.25) is 0 Å². The van der Waals surface area contributed by atoms with Crippen molar-refractivity contribution in [3.8, 4) is 0 Å². The zero-order valence-electron chi connectivity index (χ0n) is 39.9. The molecule has 0 amide bonds. The molecule has 1 heterocycles. The third-order valence-electron chi connectivity index (χ3n) is 25.3. The minimum absolute atomic E-state index is 0.581. The van der Waals surface area contributed by atoms with Crippen molar-refractivity contribution in [1.82, 2.24) is 0 Å². The van der Waals surface area contributed by atoms with Crippen molar-refractivity contribution in [3.05, 3.63) is 147 Å². The molecule has 14 aliphatic carbocycles. The lowest BCUT2D eigenvalue weighted by Crippen LogP contribution is -2.59. The van der Waals surface area contributed by atoms with Gasteiger partial charge in [-0.1, -0.05) is 114 Å². The topological polar surface area (TPSA) is 0 Å². The Kier molecular flexibility index (Phi) is 8.68. The second-order valence-corrected chi connectivity index (χ2v) is 27.6. The van der Waals surface area contributed by atoms with Crippen LogP contribution in [-0.2, 0) is 6.42 Å². The molecule has 25 unspecified atom stereocenters. The number of aryl methyl sites for hydroxylation is 1. The van der Waals surface area contributed by atoms with E-state index in [2.05, 4.69) is 127 Å². The maximum absolute atomic E-state index is 2.70. The van der Waals surface area contributed by atoms with Gasteiger partial charge in [0.2, 0.25) is 0 Å². The molecule has 1 aromatic heterocycles. The van der Waals surface area contributed by atoms with Crippen molar-refractivity contribution >= 4 is 17.4 Å². The fraction of sp³-hybridized carbons (Fsp3) is 0.606. The van der Waals surface area contributed by atoms with Crippen LogP contribution in [0, 0.1) is 130 Å². The van der Waals surface area contributed by atoms with Gasteiger partial charge in [0, 0.05) is 21.6 Å². The summed E-state index contributed by atoms with van der Waals surface area (Å²) in [4.78, 5) is 3.38. The fourth-order valence-corrected chi connectivity index (χ4v) is 25.5. The Hall–Kier alpha value is -3.16. The zero-order valence-corrected chi connectivity index (χ0v) is 40.7. The molecule has 1 heteroatoms. The highest BCUT2D eigenvalue weighted by atomic mass is 32.1. The summed E-state index contributed by atoms with van der Waals surface area (Å²) in [5.74, 6) is 22.6. The van der Waals surface area contributed by atoms with Gasteiger partial charge in [0.1, 0.15) is 0 Å². The van der Waals surface area contributed by atoms with Gasteiger partial charge in [-0.05, 0) is 261 Å². The van der Waals surface area contributed by atoms with Crippen molar-refractivity contribution in [3.63, 3.8) is 0 Å². The molecule has 0 N–H and O–H groups in total. The second kappa shape index (κ2) is 14.7. The highest BCUT2D eigenvalue weighted by Gasteiger charge is 2.72. The van der Waals surface area contributed by atoms with E-state index in [4.69, 9.17) is 0 Å². The molecule has 11 fully saturated rings. The lowest BCUT2D eigenvalue weighted by Gasteiger charge is -2.65. The zero-order chi connectivity index (χ0) is 43.2. The summed E-state index contributed by atoms with van der Waals surface area (Å²) in [6, 6.07) is 27.6. The van der Waals surface area contributed by atoms with Gasteiger partial charge in [-0.25, -0.2) is 0 Å². The van der Waals surface area contributed by atoms with Crippen LogP contribution in [0.1, 0.15) is 134 Å². The summed E-state index contributed by atoms with van der Waals surface area (Å²) in [6.45, 7) is 0. The van der Waals surface area contributed by atoms with Crippen LogP contribution < -0.4 is 0 Å². The van der Waals surface area contributed by atoms with Gasteiger partial charge in [0.25, 0.3) is 0 Å². The van der Waals surface area contributed by atoms with Crippen LogP contribution in [0.5, 0.6) is 0 Å². The van der Waals surface area contributed by atoms with Gasteiger partial charge in [0.15, 0.2) is 0 Å². The molecular weight excluding hydrogens is 825 g/mol. The second-order valence-electron chi connectivity index (χ2n) is 26.4. The monoisotopic (exact) mass is 899 g/mol. The maximum Gasteiger partial charge on any atom is 0.0302 e. The quantitative estimate of drug-likeness (QED) is 0.246. The van der Waals surface area contributed by atoms with Crippen LogP contribution in [-0.4, -0.2) is 0 Å².